The van der Waals surface area contributed by atoms with E-state index in [0.29, 0.717) is 6.04 Å². The van der Waals surface area contributed by atoms with Gasteiger partial charge in [-0.1, -0.05) is 17.7 Å². The van der Waals surface area contributed by atoms with Gasteiger partial charge in [0.25, 0.3) is 0 Å². The molecule has 0 saturated heterocycles. The molecular formula is C18H24ClN. The number of rotatable bonds is 3. The zero-order chi connectivity index (χ0) is 14.0. The fraction of sp³-hybridized carbons (Fsp3) is 0.667. The third-order valence-corrected chi connectivity index (χ3v) is 6.78. The number of halogens is 1. The second kappa shape index (κ2) is 4.48. The summed E-state index contributed by atoms with van der Waals surface area (Å²) < 4.78 is 0. The van der Waals surface area contributed by atoms with Crippen molar-refractivity contribution in [3.05, 3.63) is 33.8 Å². The smallest absolute Gasteiger partial charge is 0.0438 e. The predicted octanol–water partition coefficient (Wildman–Crippen LogP) is 4.51. The molecule has 1 aromatic rings. The van der Waals surface area contributed by atoms with E-state index >= 15 is 0 Å². The largest absolute Gasteiger partial charge is 0.313 e. The first-order valence-electron chi connectivity index (χ1n) is 8.05. The molecule has 3 aliphatic carbocycles. The van der Waals surface area contributed by atoms with Gasteiger partial charge in [0.05, 0.1) is 0 Å². The first kappa shape index (κ1) is 13.2. The summed E-state index contributed by atoms with van der Waals surface area (Å²) in [6.45, 7) is 4.33. The Balaban J connectivity index is 1.65. The Morgan fingerprint density at radius 2 is 1.75 bits per heavy atom. The van der Waals surface area contributed by atoms with Crippen LogP contribution in [0.4, 0.5) is 0 Å². The normalized spacial score (nSPS) is 38.9. The molecule has 0 radical (unpaired) electrons. The maximum Gasteiger partial charge on any atom is 0.0438 e. The monoisotopic (exact) mass is 289 g/mol. The Morgan fingerprint density at radius 1 is 1.10 bits per heavy atom. The van der Waals surface area contributed by atoms with Crippen molar-refractivity contribution in [1.29, 1.82) is 0 Å². The predicted molar refractivity (Wildman–Crippen MR) is 84.0 cm³/mol. The summed E-state index contributed by atoms with van der Waals surface area (Å²) in [6, 6.07) is 4.99. The minimum absolute atomic E-state index is 0.532. The number of aryl methyl sites for hydroxylation is 2. The molecule has 1 nitrogen and oxygen atoms in total. The highest BCUT2D eigenvalue weighted by Crippen LogP contribution is 2.72. The number of hydrogen-bond acceptors (Lipinski definition) is 1. The van der Waals surface area contributed by atoms with Crippen LogP contribution in [0.3, 0.4) is 0 Å². The molecule has 5 unspecified atom stereocenters. The minimum Gasteiger partial charge on any atom is -0.313 e. The maximum atomic E-state index is 6.26. The van der Waals surface area contributed by atoms with Gasteiger partial charge in [-0.05, 0) is 92.5 Å². The lowest BCUT2D eigenvalue weighted by Crippen LogP contribution is -2.23. The van der Waals surface area contributed by atoms with Gasteiger partial charge in [-0.25, -0.2) is 0 Å². The van der Waals surface area contributed by atoms with E-state index in [9.17, 15) is 0 Å². The van der Waals surface area contributed by atoms with Crippen LogP contribution < -0.4 is 5.32 Å². The van der Waals surface area contributed by atoms with Gasteiger partial charge in [-0.15, -0.1) is 0 Å². The van der Waals surface area contributed by atoms with Crippen LogP contribution in [0.25, 0.3) is 0 Å². The SMILES string of the molecule is CNC(c1cc(C)c(Cl)cc1C)C1C2C3CCC(C3)C21. The van der Waals surface area contributed by atoms with E-state index in [-0.39, 0.29) is 0 Å². The van der Waals surface area contributed by atoms with Crippen molar-refractivity contribution in [2.45, 2.75) is 39.2 Å². The first-order valence-corrected chi connectivity index (χ1v) is 8.43. The highest BCUT2D eigenvalue weighted by molar-refractivity contribution is 6.31. The molecular weight excluding hydrogens is 266 g/mol. The van der Waals surface area contributed by atoms with Crippen molar-refractivity contribution in [2.24, 2.45) is 29.6 Å². The molecule has 3 fully saturated rings. The van der Waals surface area contributed by atoms with Gasteiger partial charge in [-0.3, -0.25) is 0 Å². The van der Waals surface area contributed by atoms with Gasteiger partial charge in [0.2, 0.25) is 0 Å². The van der Waals surface area contributed by atoms with Gasteiger partial charge in [-0.2, -0.15) is 0 Å². The molecule has 20 heavy (non-hydrogen) atoms. The molecule has 2 bridgehead atoms. The highest BCUT2D eigenvalue weighted by Gasteiger charge is 2.66. The van der Waals surface area contributed by atoms with E-state index in [1.54, 1.807) is 0 Å². The highest BCUT2D eigenvalue weighted by atomic mass is 35.5. The molecule has 1 aromatic carbocycles. The summed E-state index contributed by atoms with van der Waals surface area (Å²) in [4.78, 5) is 0. The average Bonchev–Trinajstić information content (AvgIpc) is 2.84. The topological polar surface area (TPSA) is 12.0 Å². The van der Waals surface area contributed by atoms with Crippen LogP contribution in [0, 0.1) is 43.4 Å². The molecule has 108 valence electrons. The fourth-order valence-corrected chi connectivity index (χ4v) is 5.75. The lowest BCUT2D eigenvalue weighted by Gasteiger charge is -2.23. The van der Waals surface area contributed by atoms with Gasteiger partial charge in [0.15, 0.2) is 0 Å². The van der Waals surface area contributed by atoms with Crippen LogP contribution in [0.5, 0.6) is 0 Å². The molecule has 1 N–H and O–H groups in total. The zero-order valence-electron chi connectivity index (χ0n) is 12.6. The Morgan fingerprint density at radius 3 is 2.35 bits per heavy atom. The molecule has 5 atom stereocenters. The van der Waals surface area contributed by atoms with Crippen molar-refractivity contribution in [3.8, 4) is 0 Å². The van der Waals surface area contributed by atoms with E-state index in [4.69, 9.17) is 11.6 Å². The molecule has 0 aliphatic heterocycles. The van der Waals surface area contributed by atoms with Crippen molar-refractivity contribution in [3.63, 3.8) is 0 Å². The average molecular weight is 290 g/mol. The second-order valence-corrected chi connectivity index (χ2v) is 7.70. The number of nitrogens with one attached hydrogen (secondary N) is 1. The van der Waals surface area contributed by atoms with Crippen molar-refractivity contribution >= 4 is 11.6 Å². The van der Waals surface area contributed by atoms with Crippen LogP contribution in [0.1, 0.15) is 42.0 Å². The van der Waals surface area contributed by atoms with E-state index in [0.717, 1.165) is 34.6 Å². The summed E-state index contributed by atoms with van der Waals surface area (Å²) in [5, 5.41) is 4.52. The van der Waals surface area contributed by atoms with E-state index < -0.39 is 0 Å². The second-order valence-electron chi connectivity index (χ2n) is 7.29. The zero-order valence-corrected chi connectivity index (χ0v) is 13.4. The van der Waals surface area contributed by atoms with E-state index in [1.165, 1.54) is 36.0 Å². The number of benzene rings is 1. The first-order chi connectivity index (χ1) is 9.61. The van der Waals surface area contributed by atoms with Gasteiger partial charge < -0.3 is 5.32 Å². The van der Waals surface area contributed by atoms with Crippen LogP contribution >= 0.6 is 11.6 Å². The van der Waals surface area contributed by atoms with E-state index in [2.05, 4.69) is 38.3 Å². The van der Waals surface area contributed by atoms with E-state index in [1.807, 2.05) is 0 Å². The third-order valence-electron chi connectivity index (χ3n) is 6.37. The lowest BCUT2D eigenvalue weighted by atomic mass is 9.90. The molecule has 3 aliphatic rings. The molecule has 0 heterocycles. The Bertz CT molecular complexity index is 537. The van der Waals surface area contributed by atoms with Crippen molar-refractivity contribution in [1.82, 2.24) is 5.32 Å². The summed E-state index contributed by atoms with van der Waals surface area (Å²) in [5.74, 6) is 4.99. The van der Waals surface area contributed by atoms with Gasteiger partial charge in [0, 0.05) is 11.1 Å². The Hall–Kier alpha value is -0.530. The Labute approximate surface area is 127 Å². The Kier molecular flexibility index (Phi) is 2.95. The van der Waals surface area contributed by atoms with Crippen molar-refractivity contribution < 1.29 is 0 Å². The molecule has 0 spiro atoms. The summed E-state index contributed by atoms with van der Waals surface area (Å²) in [7, 11) is 2.13. The summed E-state index contributed by atoms with van der Waals surface area (Å²) in [5.41, 5.74) is 4.03. The third kappa shape index (κ3) is 1.72. The molecule has 0 aromatic heterocycles. The molecule has 4 rings (SSSR count). The van der Waals surface area contributed by atoms with Crippen LogP contribution in [-0.2, 0) is 0 Å². The van der Waals surface area contributed by atoms with Gasteiger partial charge in [0.1, 0.15) is 0 Å². The van der Waals surface area contributed by atoms with Crippen LogP contribution in [0.15, 0.2) is 12.1 Å². The van der Waals surface area contributed by atoms with Gasteiger partial charge >= 0.3 is 0 Å². The quantitative estimate of drug-likeness (QED) is 0.863. The summed E-state index contributed by atoms with van der Waals surface area (Å²) >= 11 is 6.26. The molecule has 0 amide bonds. The fourth-order valence-electron chi connectivity index (χ4n) is 5.53. The standard InChI is InChI=1S/C18H24ClN/c1-9-7-14(19)10(2)6-13(9)18(20-3)17-15-11-4-5-12(8-11)16(15)17/h6-7,11-12,15-18,20H,4-5,8H2,1-3H3. The summed E-state index contributed by atoms with van der Waals surface area (Å²) in [6.07, 6.45) is 4.52. The lowest BCUT2D eigenvalue weighted by molar-refractivity contribution is 0.384. The number of hydrogen-bond donors (Lipinski definition) is 1. The molecule has 2 heteroatoms. The molecule has 3 saturated carbocycles. The number of fused-ring (bicyclic) bond motifs is 5. The van der Waals surface area contributed by atoms with Crippen LogP contribution in [0.2, 0.25) is 5.02 Å². The van der Waals surface area contributed by atoms with Crippen molar-refractivity contribution in [2.75, 3.05) is 7.05 Å². The maximum absolute atomic E-state index is 6.26. The minimum atomic E-state index is 0.532. The van der Waals surface area contributed by atoms with Crippen LogP contribution in [-0.4, -0.2) is 7.05 Å².